The van der Waals surface area contributed by atoms with Crippen molar-refractivity contribution in [2.75, 3.05) is 44.7 Å². The molecule has 0 unspecified atom stereocenters. The standard InChI is InChI=1S/C20H25N5O2/c1-27-18-7-4-6-17(16-18)23-14-12-22(13-15-23)9-5-11-25-20(26)24-10-3-2-8-19(24)21-25/h2-4,6-8,10,16H,5,9,11-15H2,1H3. The lowest BCUT2D eigenvalue weighted by atomic mass is 10.2. The first-order valence-corrected chi connectivity index (χ1v) is 9.40. The molecule has 0 N–H and O–H groups in total. The predicted molar refractivity (Wildman–Crippen MR) is 106 cm³/mol. The second-order valence-corrected chi connectivity index (χ2v) is 6.82. The molecule has 2 aromatic heterocycles. The zero-order chi connectivity index (χ0) is 18.6. The number of methoxy groups -OCH3 is 1. The van der Waals surface area contributed by atoms with E-state index in [-0.39, 0.29) is 5.69 Å². The number of nitrogens with zero attached hydrogens (tertiary/aromatic N) is 5. The molecule has 3 heterocycles. The van der Waals surface area contributed by atoms with Gasteiger partial charge in [0.15, 0.2) is 5.65 Å². The number of hydrogen-bond donors (Lipinski definition) is 0. The Morgan fingerprint density at radius 2 is 1.89 bits per heavy atom. The number of fused-ring (bicyclic) bond motifs is 1. The fourth-order valence-corrected chi connectivity index (χ4v) is 3.59. The van der Waals surface area contributed by atoms with Crippen molar-refractivity contribution in [3.05, 3.63) is 59.1 Å². The smallest absolute Gasteiger partial charge is 0.350 e. The molecule has 0 aliphatic carbocycles. The molecule has 0 atom stereocenters. The first-order chi connectivity index (χ1) is 13.2. The SMILES string of the molecule is COc1cccc(N2CCN(CCCn3nc4ccccn4c3=O)CC2)c1. The molecule has 3 aromatic rings. The van der Waals surface area contributed by atoms with Crippen molar-refractivity contribution in [2.24, 2.45) is 0 Å². The molecule has 0 amide bonds. The molecule has 27 heavy (non-hydrogen) atoms. The van der Waals surface area contributed by atoms with Crippen LogP contribution in [0.3, 0.4) is 0 Å². The Hall–Kier alpha value is -2.80. The van der Waals surface area contributed by atoms with Crippen LogP contribution in [0.25, 0.3) is 5.65 Å². The number of ether oxygens (including phenoxy) is 1. The normalized spacial score (nSPS) is 15.4. The summed E-state index contributed by atoms with van der Waals surface area (Å²) in [6.07, 6.45) is 2.68. The highest BCUT2D eigenvalue weighted by Crippen LogP contribution is 2.22. The highest BCUT2D eigenvalue weighted by molar-refractivity contribution is 5.51. The molecular formula is C20H25N5O2. The van der Waals surface area contributed by atoms with E-state index in [1.54, 1.807) is 22.4 Å². The summed E-state index contributed by atoms with van der Waals surface area (Å²) in [5, 5.41) is 4.39. The number of hydrogen-bond acceptors (Lipinski definition) is 5. The minimum absolute atomic E-state index is 0.0616. The third-order valence-corrected chi connectivity index (χ3v) is 5.12. The maximum absolute atomic E-state index is 12.3. The number of piperazine rings is 1. The molecule has 4 rings (SSSR count). The van der Waals surface area contributed by atoms with Crippen LogP contribution < -0.4 is 15.3 Å². The van der Waals surface area contributed by atoms with Gasteiger partial charge in [-0.05, 0) is 30.7 Å². The van der Waals surface area contributed by atoms with Crippen LogP contribution in [0.1, 0.15) is 6.42 Å². The van der Waals surface area contributed by atoms with Crippen molar-refractivity contribution < 1.29 is 4.74 Å². The molecule has 1 aliphatic rings. The number of pyridine rings is 1. The molecule has 142 valence electrons. The van der Waals surface area contributed by atoms with E-state index in [1.165, 1.54) is 5.69 Å². The summed E-state index contributed by atoms with van der Waals surface area (Å²) in [6, 6.07) is 13.8. The van der Waals surface area contributed by atoms with Crippen molar-refractivity contribution in [3.63, 3.8) is 0 Å². The first-order valence-electron chi connectivity index (χ1n) is 9.40. The molecule has 0 spiro atoms. The lowest BCUT2D eigenvalue weighted by Gasteiger charge is -2.36. The summed E-state index contributed by atoms with van der Waals surface area (Å²) in [5.41, 5.74) is 1.85. The van der Waals surface area contributed by atoms with Gasteiger partial charge in [-0.25, -0.2) is 9.48 Å². The van der Waals surface area contributed by atoms with E-state index in [1.807, 2.05) is 30.3 Å². The summed E-state index contributed by atoms with van der Waals surface area (Å²) >= 11 is 0. The second-order valence-electron chi connectivity index (χ2n) is 6.82. The number of anilines is 1. The molecule has 0 bridgehead atoms. The Bertz CT molecular complexity index is 956. The maximum Gasteiger partial charge on any atom is 0.350 e. The van der Waals surface area contributed by atoms with Gasteiger partial charge in [0.05, 0.1) is 7.11 Å². The number of aromatic nitrogens is 3. The average molecular weight is 367 g/mol. The van der Waals surface area contributed by atoms with Gasteiger partial charge in [0, 0.05) is 57.2 Å². The van der Waals surface area contributed by atoms with Gasteiger partial charge in [-0.1, -0.05) is 12.1 Å². The van der Waals surface area contributed by atoms with E-state index in [4.69, 9.17) is 4.74 Å². The van der Waals surface area contributed by atoms with E-state index in [2.05, 4.69) is 27.0 Å². The Balaban J connectivity index is 1.28. The van der Waals surface area contributed by atoms with E-state index in [9.17, 15) is 4.79 Å². The average Bonchev–Trinajstić information content (AvgIpc) is 3.04. The summed E-state index contributed by atoms with van der Waals surface area (Å²) < 4.78 is 8.48. The topological polar surface area (TPSA) is 55.0 Å². The predicted octanol–water partition coefficient (Wildman–Crippen LogP) is 1.72. The van der Waals surface area contributed by atoms with Gasteiger partial charge in [-0.15, -0.1) is 5.10 Å². The van der Waals surface area contributed by atoms with Crippen LogP contribution in [0.5, 0.6) is 5.75 Å². The minimum Gasteiger partial charge on any atom is -0.497 e. The Kier molecular flexibility index (Phi) is 5.11. The third-order valence-electron chi connectivity index (χ3n) is 5.12. The van der Waals surface area contributed by atoms with Crippen LogP contribution >= 0.6 is 0 Å². The Morgan fingerprint density at radius 1 is 1.04 bits per heavy atom. The van der Waals surface area contributed by atoms with Crippen LogP contribution in [-0.4, -0.2) is 58.9 Å². The zero-order valence-electron chi connectivity index (χ0n) is 15.6. The van der Waals surface area contributed by atoms with Gasteiger partial charge in [0.25, 0.3) is 0 Å². The fourth-order valence-electron chi connectivity index (χ4n) is 3.59. The minimum atomic E-state index is -0.0616. The highest BCUT2D eigenvalue weighted by Gasteiger charge is 2.17. The summed E-state index contributed by atoms with van der Waals surface area (Å²) in [5.74, 6) is 0.896. The van der Waals surface area contributed by atoms with Gasteiger partial charge in [-0.2, -0.15) is 0 Å². The molecule has 7 heteroatoms. The van der Waals surface area contributed by atoms with Crippen LogP contribution in [0, 0.1) is 0 Å². The van der Waals surface area contributed by atoms with Crippen molar-refractivity contribution >= 4 is 11.3 Å². The zero-order valence-corrected chi connectivity index (χ0v) is 15.6. The van der Waals surface area contributed by atoms with Crippen molar-refractivity contribution in [3.8, 4) is 5.75 Å². The molecule has 0 radical (unpaired) electrons. The summed E-state index contributed by atoms with van der Waals surface area (Å²) in [6.45, 7) is 5.68. The second kappa shape index (κ2) is 7.84. The lowest BCUT2D eigenvalue weighted by Crippen LogP contribution is -2.46. The van der Waals surface area contributed by atoms with Gasteiger partial charge in [0.2, 0.25) is 0 Å². The van der Waals surface area contributed by atoms with Crippen LogP contribution in [0.15, 0.2) is 53.5 Å². The largest absolute Gasteiger partial charge is 0.497 e. The van der Waals surface area contributed by atoms with Crippen molar-refractivity contribution in [2.45, 2.75) is 13.0 Å². The van der Waals surface area contributed by atoms with Gasteiger partial charge in [0.1, 0.15) is 5.75 Å². The molecule has 1 saturated heterocycles. The van der Waals surface area contributed by atoms with Crippen molar-refractivity contribution in [1.82, 2.24) is 19.1 Å². The molecule has 1 aromatic carbocycles. The molecule has 7 nitrogen and oxygen atoms in total. The summed E-state index contributed by atoms with van der Waals surface area (Å²) in [7, 11) is 1.70. The maximum atomic E-state index is 12.3. The lowest BCUT2D eigenvalue weighted by molar-refractivity contribution is 0.248. The van der Waals surface area contributed by atoms with Crippen LogP contribution in [0.2, 0.25) is 0 Å². The summed E-state index contributed by atoms with van der Waals surface area (Å²) in [4.78, 5) is 17.1. The number of aryl methyl sites for hydroxylation is 1. The molecule has 0 saturated carbocycles. The van der Waals surface area contributed by atoms with Crippen LogP contribution in [0.4, 0.5) is 5.69 Å². The first kappa shape index (κ1) is 17.6. The number of benzene rings is 1. The number of rotatable bonds is 6. The third kappa shape index (κ3) is 3.83. The van der Waals surface area contributed by atoms with Gasteiger partial charge < -0.3 is 9.64 Å². The Morgan fingerprint density at radius 3 is 2.67 bits per heavy atom. The quantitative estimate of drug-likeness (QED) is 0.664. The van der Waals surface area contributed by atoms with Crippen molar-refractivity contribution in [1.29, 1.82) is 0 Å². The van der Waals surface area contributed by atoms with E-state index in [0.29, 0.717) is 12.2 Å². The van der Waals surface area contributed by atoms with Crippen LogP contribution in [-0.2, 0) is 6.54 Å². The van der Waals surface area contributed by atoms with E-state index >= 15 is 0 Å². The molecule has 1 aliphatic heterocycles. The van der Waals surface area contributed by atoms with Gasteiger partial charge >= 0.3 is 5.69 Å². The Labute approximate surface area is 158 Å². The molecule has 1 fully saturated rings. The highest BCUT2D eigenvalue weighted by atomic mass is 16.5. The monoisotopic (exact) mass is 367 g/mol. The van der Waals surface area contributed by atoms with E-state index in [0.717, 1.165) is 44.9 Å². The fraction of sp³-hybridized carbons (Fsp3) is 0.400. The molecular weight excluding hydrogens is 342 g/mol. The van der Waals surface area contributed by atoms with E-state index < -0.39 is 0 Å². The van der Waals surface area contributed by atoms with Gasteiger partial charge in [-0.3, -0.25) is 9.30 Å².